The smallest absolute Gasteiger partial charge is 0.119 e. The summed E-state index contributed by atoms with van der Waals surface area (Å²) in [5, 5.41) is 3.43. The molecule has 0 saturated carbocycles. The zero-order valence-corrected chi connectivity index (χ0v) is 11.5. The number of nitrogens with one attached hydrogen (secondary N) is 1. The van der Waals surface area contributed by atoms with Crippen LogP contribution in [0.4, 0.5) is 0 Å². The van der Waals surface area contributed by atoms with E-state index in [4.69, 9.17) is 4.74 Å². The predicted molar refractivity (Wildman–Crippen MR) is 78.2 cm³/mol. The number of nitrogens with zero attached hydrogens (tertiary/aromatic N) is 1. The van der Waals surface area contributed by atoms with Crippen molar-refractivity contribution in [2.75, 3.05) is 13.7 Å². The summed E-state index contributed by atoms with van der Waals surface area (Å²) in [6.45, 7) is 4.01. The number of rotatable bonds is 6. The molecule has 0 bridgehead atoms. The molecule has 0 saturated heterocycles. The zero-order chi connectivity index (χ0) is 13.5. The first-order valence-corrected chi connectivity index (χ1v) is 6.64. The molecule has 0 fully saturated rings. The molecular formula is C16H20N2O. The van der Waals surface area contributed by atoms with Crippen LogP contribution in [0, 0.1) is 0 Å². The first kappa shape index (κ1) is 13.6. The van der Waals surface area contributed by atoms with Crippen molar-refractivity contribution in [2.45, 2.75) is 19.9 Å². The number of hydrogen-bond acceptors (Lipinski definition) is 3. The van der Waals surface area contributed by atoms with Crippen LogP contribution in [-0.2, 0) is 6.54 Å². The van der Waals surface area contributed by atoms with Crippen LogP contribution in [0.25, 0.3) is 11.3 Å². The summed E-state index contributed by atoms with van der Waals surface area (Å²) >= 11 is 0. The van der Waals surface area contributed by atoms with Gasteiger partial charge in [-0.15, -0.1) is 0 Å². The maximum atomic E-state index is 5.30. The summed E-state index contributed by atoms with van der Waals surface area (Å²) < 4.78 is 5.30. The zero-order valence-electron chi connectivity index (χ0n) is 11.5. The highest BCUT2D eigenvalue weighted by Crippen LogP contribution is 2.25. The topological polar surface area (TPSA) is 34.1 Å². The molecule has 0 amide bonds. The molecule has 0 atom stereocenters. The third kappa shape index (κ3) is 3.55. The minimum atomic E-state index is 0.830. The van der Waals surface area contributed by atoms with Gasteiger partial charge in [-0.3, -0.25) is 4.98 Å². The van der Waals surface area contributed by atoms with Crippen LogP contribution in [0.15, 0.2) is 42.6 Å². The van der Waals surface area contributed by atoms with E-state index in [9.17, 15) is 0 Å². The van der Waals surface area contributed by atoms with E-state index in [-0.39, 0.29) is 0 Å². The summed E-state index contributed by atoms with van der Waals surface area (Å²) in [6.07, 6.45) is 2.95. The van der Waals surface area contributed by atoms with Crippen molar-refractivity contribution in [1.82, 2.24) is 10.3 Å². The molecule has 0 radical (unpaired) electrons. The third-order valence-electron chi connectivity index (χ3n) is 3.00. The second-order valence-electron chi connectivity index (χ2n) is 4.41. The number of ether oxygens (including phenoxy) is 1. The van der Waals surface area contributed by atoms with Gasteiger partial charge in [-0.05, 0) is 48.9 Å². The largest absolute Gasteiger partial charge is 0.497 e. The van der Waals surface area contributed by atoms with E-state index >= 15 is 0 Å². The Kier molecular flexibility index (Phi) is 4.93. The van der Waals surface area contributed by atoms with Crippen molar-refractivity contribution >= 4 is 0 Å². The Morgan fingerprint density at radius 3 is 2.79 bits per heavy atom. The van der Waals surface area contributed by atoms with Gasteiger partial charge >= 0.3 is 0 Å². The number of pyridine rings is 1. The van der Waals surface area contributed by atoms with Crippen molar-refractivity contribution < 1.29 is 4.74 Å². The molecule has 100 valence electrons. The van der Waals surface area contributed by atoms with Gasteiger partial charge in [-0.25, -0.2) is 0 Å². The van der Waals surface area contributed by atoms with Crippen molar-refractivity contribution in [3.8, 4) is 17.0 Å². The fraction of sp³-hybridized carbons (Fsp3) is 0.312. The standard InChI is InChI=1S/C16H20N2O/c1-3-9-17-12-13-11-14(19-2)7-8-15(13)16-6-4-5-10-18-16/h4-8,10-11,17H,3,9,12H2,1-2H3. The van der Waals surface area contributed by atoms with Crippen LogP contribution in [-0.4, -0.2) is 18.6 Å². The first-order chi connectivity index (χ1) is 9.35. The van der Waals surface area contributed by atoms with Gasteiger partial charge in [0.05, 0.1) is 12.8 Å². The van der Waals surface area contributed by atoms with Crippen LogP contribution < -0.4 is 10.1 Å². The quantitative estimate of drug-likeness (QED) is 0.806. The Labute approximate surface area is 114 Å². The molecule has 1 N–H and O–H groups in total. The average Bonchev–Trinajstić information content (AvgIpc) is 2.48. The molecule has 0 aliphatic rings. The fourth-order valence-electron chi connectivity index (χ4n) is 2.02. The molecule has 3 nitrogen and oxygen atoms in total. The minimum absolute atomic E-state index is 0.830. The Morgan fingerprint density at radius 2 is 2.11 bits per heavy atom. The minimum Gasteiger partial charge on any atom is -0.497 e. The monoisotopic (exact) mass is 256 g/mol. The number of benzene rings is 1. The fourth-order valence-corrected chi connectivity index (χ4v) is 2.02. The van der Waals surface area contributed by atoms with E-state index in [0.717, 1.165) is 36.5 Å². The van der Waals surface area contributed by atoms with Gasteiger partial charge in [0.2, 0.25) is 0 Å². The summed E-state index contributed by atoms with van der Waals surface area (Å²) in [5.74, 6) is 0.882. The maximum absolute atomic E-state index is 5.30. The van der Waals surface area contributed by atoms with E-state index < -0.39 is 0 Å². The highest BCUT2D eigenvalue weighted by Gasteiger charge is 2.07. The summed E-state index contributed by atoms with van der Waals surface area (Å²) in [6, 6.07) is 12.1. The third-order valence-corrected chi connectivity index (χ3v) is 3.00. The van der Waals surface area contributed by atoms with Crippen molar-refractivity contribution in [2.24, 2.45) is 0 Å². The molecule has 2 rings (SSSR count). The lowest BCUT2D eigenvalue weighted by Crippen LogP contribution is -2.14. The van der Waals surface area contributed by atoms with Crippen molar-refractivity contribution in [3.05, 3.63) is 48.2 Å². The van der Waals surface area contributed by atoms with Gasteiger partial charge in [0.25, 0.3) is 0 Å². The average molecular weight is 256 g/mol. The van der Waals surface area contributed by atoms with Crippen molar-refractivity contribution in [3.63, 3.8) is 0 Å². The van der Waals surface area contributed by atoms with Gasteiger partial charge in [0, 0.05) is 18.3 Å². The highest BCUT2D eigenvalue weighted by molar-refractivity contribution is 5.64. The lowest BCUT2D eigenvalue weighted by Gasteiger charge is -2.12. The second-order valence-corrected chi connectivity index (χ2v) is 4.41. The Hall–Kier alpha value is -1.87. The highest BCUT2D eigenvalue weighted by atomic mass is 16.5. The van der Waals surface area contributed by atoms with Crippen LogP contribution in [0.2, 0.25) is 0 Å². The van der Waals surface area contributed by atoms with Crippen LogP contribution in [0.5, 0.6) is 5.75 Å². The molecule has 1 heterocycles. The van der Waals surface area contributed by atoms with E-state index in [2.05, 4.69) is 29.4 Å². The van der Waals surface area contributed by atoms with Crippen molar-refractivity contribution in [1.29, 1.82) is 0 Å². The van der Waals surface area contributed by atoms with Crippen LogP contribution in [0.1, 0.15) is 18.9 Å². The maximum Gasteiger partial charge on any atom is 0.119 e. The second kappa shape index (κ2) is 6.90. The van der Waals surface area contributed by atoms with E-state index in [1.165, 1.54) is 5.56 Å². The lowest BCUT2D eigenvalue weighted by atomic mass is 10.0. The molecule has 0 aliphatic carbocycles. The van der Waals surface area contributed by atoms with Gasteiger partial charge < -0.3 is 10.1 Å². The number of hydrogen-bond donors (Lipinski definition) is 1. The molecule has 0 unspecified atom stereocenters. The summed E-state index contributed by atoms with van der Waals surface area (Å²) in [4.78, 5) is 4.42. The Morgan fingerprint density at radius 1 is 1.21 bits per heavy atom. The molecule has 19 heavy (non-hydrogen) atoms. The van der Waals surface area contributed by atoms with Gasteiger partial charge in [0.15, 0.2) is 0 Å². The van der Waals surface area contributed by atoms with E-state index in [0.29, 0.717) is 0 Å². The lowest BCUT2D eigenvalue weighted by molar-refractivity contribution is 0.414. The number of aromatic nitrogens is 1. The molecule has 2 aromatic rings. The van der Waals surface area contributed by atoms with Gasteiger partial charge in [-0.2, -0.15) is 0 Å². The van der Waals surface area contributed by atoms with E-state index in [1.807, 2.05) is 30.5 Å². The molecule has 1 aromatic heterocycles. The molecule has 0 spiro atoms. The SMILES string of the molecule is CCCNCc1cc(OC)ccc1-c1ccccn1. The predicted octanol–water partition coefficient (Wildman–Crippen LogP) is 3.26. The summed E-state index contributed by atoms with van der Waals surface area (Å²) in [5.41, 5.74) is 3.37. The van der Waals surface area contributed by atoms with Crippen LogP contribution >= 0.6 is 0 Å². The first-order valence-electron chi connectivity index (χ1n) is 6.64. The summed E-state index contributed by atoms with van der Waals surface area (Å²) in [7, 11) is 1.69. The van der Waals surface area contributed by atoms with Gasteiger partial charge in [0.1, 0.15) is 5.75 Å². The Bertz CT molecular complexity index is 511. The number of methoxy groups -OCH3 is 1. The van der Waals surface area contributed by atoms with Gasteiger partial charge in [-0.1, -0.05) is 13.0 Å². The molecule has 1 aromatic carbocycles. The molecule has 0 aliphatic heterocycles. The van der Waals surface area contributed by atoms with E-state index in [1.54, 1.807) is 7.11 Å². The molecular weight excluding hydrogens is 236 g/mol. The van der Waals surface area contributed by atoms with Crippen LogP contribution in [0.3, 0.4) is 0 Å². The Balaban J connectivity index is 2.31. The normalized spacial score (nSPS) is 10.4. The molecule has 3 heteroatoms.